The molecule has 1 atom stereocenters. The molecule has 148 valence electrons. The number of rotatable bonds is 8. The molecule has 0 aliphatic rings. The lowest BCUT2D eigenvalue weighted by atomic mass is 10.2. The van der Waals surface area contributed by atoms with Crippen LogP contribution in [0.3, 0.4) is 0 Å². The Morgan fingerprint density at radius 1 is 1.14 bits per heavy atom. The van der Waals surface area contributed by atoms with Gasteiger partial charge in [0, 0.05) is 16.8 Å². The number of anilines is 1. The van der Waals surface area contributed by atoms with E-state index in [-0.39, 0.29) is 0 Å². The topological polar surface area (TPSA) is 73.9 Å². The van der Waals surface area contributed by atoms with E-state index >= 15 is 0 Å². The molecule has 2 aromatic rings. The summed E-state index contributed by atoms with van der Waals surface area (Å²) in [4.78, 5) is 24.1. The molecule has 0 bridgehead atoms. The van der Waals surface area contributed by atoms with Crippen molar-refractivity contribution < 1.29 is 23.8 Å². The number of esters is 1. The molecule has 0 fully saturated rings. The summed E-state index contributed by atoms with van der Waals surface area (Å²) >= 11 is 5.80. The third kappa shape index (κ3) is 6.32. The first kappa shape index (κ1) is 21.3. The second-order valence-corrected chi connectivity index (χ2v) is 6.19. The Bertz CT molecular complexity index is 848. The highest BCUT2D eigenvalue weighted by Crippen LogP contribution is 2.28. The van der Waals surface area contributed by atoms with E-state index in [1.807, 2.05) is 6.92 Å². The second-order valence-electron chi connectivity index (χ2n) is 5.75. The molecule has 0 radical (unpaired) electrons. The summed E-state index contributed by atoms with van der Waals surface area (Å²) in [5, 5.41) is 3.22. The molecule has 28 heavy (non-hydrogen) atoms. The van der Waals surface area contributed by atoms with Crippen molar-refractivity contribution in [2.75, 3.05) is 19.0 Å². The fourth-order valence-electron chi connectivity index (χ4n) is 2.27. The number of hydrogen-bond acceptors (Lipinski definition) is 5. The Labute approximate surface area is 169 Å². The van der Waals surface area contributed by atoms with Crippen molar-refractivity contribution in [1.82, 2.24) is 0 Å². The van der Waals surface area contributed by atoms with Gasteiger partial charge in [0.1, 0.15) is 0 Å². The van der Waals surface area contributed by atoms with E-state index in [9.17, 15) is 9.59 Å². The van der Waals surface area contributed by atoms with E-state index in [1.54, 1.807) is 55.7 Å². The number of halogens is 1. The van der Waals surface area contributed by atoms with Crippen molar-refractivity contribution in [1.29, 1.82) is 0 Å². The fraction of sp³-hybridized carbons (Fsp3) is 0.238. The highest BCUT2D eigenvalue weighted by atomic mass is 35.5. The molecule has 7 heteroatoms. The van der Waals surface area contributed by atoms with Gasteiger partial charge in [0.05, 0.1) is 13.7 Å². The quantitative estimate of drug-likeness (QED) is 0.524. The number of hydrogen-bond donors (Lipinski definition) is 1. The van der Waals surface area contributed by atoms with Crippen molar-refractivity contribution in [2.45, 2.75) is 20.0 Å². The van der Waals surface area contributed by atoms with Crippen LogP contribution >= 0.6 is 11.6 Å². The zero-order valence-corrected chi connectivity index (χ0v) is 16.7. The molecule has 6 nitrogen and oxygen atoms in total. The summed E-state index contributed by atoms with van der Waals surface area (Å²) in [6.45, 7) is 3.86. The van der Waals surface area contributed by atoms with E-state index in [2.05, 4.69) is 5.32 Å². The van der Waals surface area contributed by atoms with Crippen LogP contribution in [0, 0.1) is 0 Å². The first-order valence-corrected chi connectivity index (χ1v) is 9.06. The first-order valence-electron chi connectivity index (χ1n) is 8.69. The fourth-order valence-corrected chi connectivity index (χ4v) is 2.40. The van der Waals surface area contributed by atoms with Gasteiger partial charge in [-0.2, -0.15) is 0 Å². The molecule has 0 unspecified atom stereocenters. The minimum Gasteiger partial charge on any atom is -0.493 e. The number of nitrogens with one attached hydrogen (secondary N) is 1. The normalized spacial score (nSPS) is 11.7. The average molecular weight is 404 g/mol. The van der Waals surface area contributed by atoms with Crippen LogP contribution in [-0.4, -0.2) is 31.7 Å². The number of methoxy groups -OCH3 is 1. The van der Waals surface area contributed by atoms with E-state index in [0.29, 0.717) is 28.8 Å². The number of benzene rings is 2. The maximum Gasteiger partial charge on any atom is 0.331 e. The van der Waals surface area contributed by atoms with Gasteiger partial charge in [-0.05, 0) is 61.9 Å². The van der Waals surface area contributed by atoms with Crippen molar-refractivity contribution >= 4 is 35.2 Å². The Morgan fingerprint density at radius 2 is 1.86 bits per heavy atom. The van der Waals surface area contributed by atoms with E-state index in [0.717, 1.165) is 5.56 Å². The lowest BCUT2D eigenvalue weighted by molar-refractivity contribution is -0.148. The molecular weight excluding hydrogens is 382 g/mol. The molecule has 0 aliphatic heterocycles. The Balaban J connectivity index is 1.94. The predicted molar refractivity (Wildman–Crippen MR) is 109 cm³/mol. The SMILES string of the molecule is CCOc1cc(/C=C/C(=O)O[C@@H](C)C(=O)Nc2ccc(Cl)cc2)ccc1OC. The van der Waals surface area contributed by atoms with Gasteiger partial charge >= 0.3 is 5.97 Å². The number of carbonyl (C=O) groups excluding carboxylic acids is 2. The van der Waals surface area contributed by atoms with Gasteiger partial charge in [-0.1, -0.05) is 17.7 Å². The number of ether oxygens (including phenoxy) is 3. The third-order valence-corrected chi connectivity index (χ3v) is 3.93. The zero-order chi connectivity index (χ0) is 20.5. The van der Waals surface area contributed by atoms with Crippen molar-refractivity contribution in [3.05, 3.63) is 59.1 Å². The molecular formula is C21H22ClNO5. The van der Waals surface area contributed by atoms with Gasteiger partial charge < -0.3 is 19.5 Å². The molecule has 0 heterocycles. The predicted octanol–water partition coefficient (Wildman–Crippen LogP) is 4.33. The van der Waals surface area contributed by atoms with Crippen LogP contribution < -0.4 is 14.8 Å². The van der Waals surface area contributed by atoms with Crippen LogP contribution in [0.4, 0.5) is 5.69 Å². The van der Waals surface area contributed by atoms with Gasteiger partial charge in [0.25, 0.3) is 5.91 Å². The largest absolute Gasteiger partial charge is 0.493 e. The first-order chi connectivity index (χ1) is 13.4. The minimum atomic E-state index is -0.956. The third-order valence-electron chi connectivity index (χ3n) is 3.67. The molecule has 1 N–H and O–H groups in total. The maximum absolute atomic E-state index is 12.1. The smallest absolute Gasteiger partial charge is 0.331 e. The second kappa shape index (κ2) is 10.4. The van der Waals surface area contributed by atoms with Crippen LogP contribution in [-0.2, 0) is 14.3 Å². The molecule has 0 aromatic heterocycles. The minimum absolute atomic E-state index is 0.438. The van der Waals surface area contributed by atoms with Crippen LogP contribution in [0.25, 0.3) is 6.08 Å². The van der Waals surface area contributed by atoms with Gasteiger partial charge in [-0.3, -0.25) is 4.79 Å². The summed E-state index contributed by atoms with van der Waals surface area (Å²) in [6.07, 6.45) is 1.88. The van der Waals surface area contributed by atoms with Crippen molar-refractivity contribution in [2.24, 2.45) is 0 Å². The Hall–Kier alpha value is -2.99. The summed E-state index contributed by atoms with van der Waals surface area (Å²) < 4.78 is 15.9. The summed E-state index contributed by atoms with van der Waals surface area (Å²) in [5.41, 5.74) is 1.30. The molecule has 0 saturated heterocycles. The van der Waals surface area contributed by atoms with Crippen LogP contribution in [0.15, 0.2) is 48.5 Å². The highest BCUT2D eigenvalue weighted by Gasteiger charge is 2.16. The van der Waals surface area contributed by atoms with Crippen molar-refractivity contribution in [3.63, 3.8) is 0 Å². The number of carbonyl (C=O) groups is 2. The van der Waals surface area contributed by atoms with E-state index in [4.69, 9.17) is 25.8 Å². The van der Waals surface area contributed by atoms with Gasteiger partial charge in [-0.15, -0.1) is 0 Å². The summed E-state index contributed by atoms with van der Waals surface area (Å²) in [7, 11) is 1.56. The summed E-state index contributed by atoms with van der Waals surface area (Å²) in [5.74, 6) is 0.116. The Morgan fingerprint density at radius 3 is 2.50 bits per heavy atom. The van der Waals surface area contributed by atoms with Gasteiger partial charge in [-0.25, -0.2) is 4.79 Å². The molecule has 0 spiro atoms. The van der Waals surface area contributed by atoms with Crippen LogP contribution in [0.1, 0.15) is 19.4 Å². The van der Waals surface area contributed by atoms with Crippen molar-refractivity contribution in [3.8, 4) is 11.5 Å². The van der Waals surface area contributed by atoms with E-state index < -0.39 is 18.0 Å². The monoisotopic (exact) mass is 403 g/mol. The molecule has 2 aromatic carbocycles. The van der Waals surface area contributed by atoms with Crippen LogP contribution in [0.2, 0.25) is 5.02 Å². The molecule has 0 saturated carbocycles. The molecule has 2 rings (SSSR count). The molecule has 1 amide bonds. The Kier molecular flexibility index (Phi) is 7.89. The lowest BCUT2D eigenvalue weighted by Crippen LogP contribution is -2.29. The summed E-state index contributed by atoms with van der Waals surface area (Å²) in [6, 6.07) is 11.9. The number of amides is 1. The average Bonchev–Trinajstić information content (AvgIpc) is 2.68. The lowest BCUT2D eigenvalue weighted by Gasteiger charge is -2.12. The highest BCUT2D eigenvalue weighted by molar-refractivity contribution is 6.30. The molecule has 0 aliphatic carbocycles. The van der Waals surface area contributed by atoms with Gasteiger partial charge in [0.2, 0.25) is 0 Å². The maximum atomic E-state index is 12.1. The van der Waals surface area contributed by atoms with Crippen LogP contribution in [0.5, 0.6) is 11.5 Å². The van der Waals surface area contributed by atoms with Gasteiger partial charge in [0.15, 0.2) is 17.6 Å². The van der Waals surface area contributed by atoms with E-state index in [1.165, 1.54) is 13.0 Å². The standard InChI is InChI=1S/C21H22ClNO5/c1-4-27-19-13-15(5-11-18(19)26-3)6-12-20(24)28-14(2)21(25)23-17-9-7-16(22)8-10-17/h5-14H,4H2,1-3H3,(H,23,25)/b12-6+/t14-/m0/s1. The zero-order valence-electron chi connectivity index (χ0n) is 15.9.